The van der Waals surface area contributed by atoms with Gasteiger partial charge in [-0.05, 0) is 6.07 Å². The zero-order chi connectivity index (χ0) is 11.6. The third kappa shape index (κ3) is 2.66. The Bertz CT molecular complexity index is 355. The number of hydrogen-bond acceptors (Lipinski definition) is 3. The van der Waals surface area contributed by atoms with Gasteiger partial charge in [0.25, 0.3) is 0 Å². The summed E-state index contributed by atoms with van der Waals surface area (Å²) in [5, 5.41) is 17.3. The van der Waals surface area contributed by atoms with Crippen molar-refractivity contribution in [3.05, 3.63) is 23.5 Å². The van der Waals surface area contributed by atoms with Gasteiger partial charge in [-0.2, -0.15) is 13.2 Å². The minimum Gasteiger partial charge on any atom is -0.423 e. The number of nitrogens with zero attached hydrogens (tertiary/aromatic N) is 1. The fourth-order valence-electron chi connectivity index (χ4n) is 1.02. The highest BCUT2D eigenvalue weighted by Crippen LogP contribution is 2.26. The summed E-state index contributed by atoms with van der Waals surface area (Å²) in [6.07, 6.45) is -4.84. The number of halogens is 4. The van der Waals surface area contributed by atoms with Gasteiger partial charge in [0, 0.05) is 5.46 Å². The van der Waals surface area contributed by atoms with Crippen LogP contribution >= 0.6 is 0 Å². The second kappa shape index (κ2) is 4.15. The van der Waals surface area contributed by atoms with E-state index in [0.29, 0.717) is 0 Å². The number of aromatic nitrogens is 1. The molecular weight excluding hydrogens is 217 g/mol. The van der Waals surface area contributed by atoms with Crippen LogP contribution in [0.2, 0.25) is 0 Å². The van der Waals surface area contributed by atoms with Crippen LogP contribution in [0.4, 0.5) is 17.6 Å². The van der Waals surface area contributed by atoms with Gasteiger partial charge in [-0.15, -0.1) is 0 Å². The summed E-state index contributed by atoms with van der Waals surface area (Å²) in [7, 11) is -2.29. The smallest absolute Gasteiger partial charge is 0.423 e. The zero-order valence-corrected chi connectivity index (χ0v) is 7.29. The number of pyridine rings is 1. The minimum absolute atomic E-state index is 0.410. The van der Waals surface area contributed by atoms with Crippen molar-refractivity contribution in [2.75, 3.05) is 0 Å². The lowest BCUT2D eigenvalue weighted by molar-refractivity contribution is -0.140. The first-order valence-corrected chi connectivity index (χ1v) is 3.85. The van der Waals surface area contributed by atoms with E-state index in [2.05, 4.69) is 4.98 Å². The fraction of sp³-hybridized carbons (Fsp3) is 0.286. The molecule has 1 heterocycles. The van der Waals surface area contributed by atoms with Crippen molar-refractivity contribution in [2.24, 2.45) is 0 Å². The molecule has 1 rings (SSSR count). The normalized spacial score (nSPS) is 11.6. The van der Waals surface area contributed by atoms with Gasteiger partial charge in [0.1, 0.15) is 12.4 Å². The van der Waals surface area contributed by atoms with Gasteiger partial charge in [-0.3, -0.25) is 0 Å². The van der Waals surface area contributed by atoms with Gasteiger partial charge in [0.05, 0.1) is 5.69 Å². The molecule has 0 radical (unpaired) electrons. The Morgan fingerprint density at radius 1 is 1.27 bits per heavy atom. The van der Waals surface area contributed by atoms with Crippen molar-refractivity contribution < 1.29 is 27.6 Å². The van der Waals surface area contributed by atoms with Crippen LogP contribution < -0.4 is 5.46 Å². The number of alkyl halides is 4. The summed E-state index contributed by atoms with van der Waals surface area (Å²) in [4.78, 5) is 2.96. The molecule has 0 saturated carbocycles. The molecule has 0 aliphatic heterocycles. The Hall–Kier alpha value is -1.15. The summed E-state index contributed by atoms with van der Waals surface area (Å²) in [6, 6.07) is 1.75. The molecule has 0 saturated heterocycles. The largest absolute Gasteiger partial charge is 0.490 e. The molecule has 3 nitrogen and oxygen atoms in total. The molecule has 1 aromatic rings. The van der Waals surface area contributed by atoms with Crippen LogP contribution in [0.1, 0.15) is 11.4 Å². The van der Waals surface area contributed by atoms with Crippen molar-refractivity contribution in [2.45, 2.75) is 12.9 Å². The molecule has 0 spiro atoms. The van der Waals surface area contributed by atoms with Crippen LogP contribution in [0.15, 0.2) is 12.1 Å². The van der Waals surface area contributed by atoms with Gasteiger partial charge < -0.3 is 10.0 Å². The van der Waals surface area contributed by atoms with E-state index >= 15 is 0 Å². The molecular formula is C7H6BF4NO2. The molecule has 1 aromatic heterocycles. The lowest BCUT2D eigenvalue weighted by atomic mass is 9.78. The van der Waals surface area contributed by atoms with E-state index in [-0.39, 0.29) is 0 Å². The van der Waals surface area contributed by atoms with Crippen molar-refractivity contribution in [1.29, 1.82) is 0 Å². The summed E-state index contributed by atoms with van der Waals surface area (Å²) >= 11 is 0. The van der Waals surface area contributed by atoms with Crippen molar-refractivity contribution in [3.8, 4) is 0 Å². The van der Waals surface area contributed by atoms with E-state index in [0.717, 1.165) is 12.1 Å². The maximum Gasteiger partial charge on any atom is 0.490 e. The van der Waals surface area contributed by atoms with Gasteiger partial charge in [-0.25, -0.2) is 9.37 Å². The molecule has 0 atom stereocenters. The highest BCUT2D eigenvalue weighted by atomic mass is 19.4. The highest BCUT2D eigenvalue weighted by Gasteiger charge is 2.38. The monoisotopic (exact) mass is 223 g/mol. The maximum atomic E-state index is 12.3. The van der Waals surface area contributed by atoms with Gasteiger partial charge in [-0.1, -0.05) is 6.07 Å². The van der Waals surface area contributed by atoms with Crippen LogP contribution in [-0.4, -0.2) is 22.2 Å². The topological polar surface area (TPSA) is 53.4 Å². The third-order valence-electron chi connectivity index (χ3n) is 1.67. The average Bonchev–Trinajstić information content (AvgIpc) is 2.15. The molecule has 0 unspecified atom stereocenters. The first-order chi connectivity index (χ1) is 6.86. The molecule has 8 heteroatoms. The molecule has 2 N–H and O–H groups in total. The molecule has 0 amide bonds. The average molecular weight is 223 g/mol. The third-order valence-corrected chi connectivity index (χ3v) is 1.67. The zero-order valence-electron chi connectivity index (χ0n) is 7.29. The number of rotatable bonds is 2. The maximum absolute atomic E-state index is 12.3. The Labute approximate surface area is 82.5 Å². The molecule has 0 aliphatic rings. The van der Waals surface area contributed by atoms with E-state index < -0.39 is 36.8 Å². The van der Waals surface area contributed by atoms with Gasteiger partial charge >= 0.3 is 13.3 Å². The Balaban J connectivity index is 3.29. The minimum atomic E-state index is -4.84. The van der Waals surface area contributed by atoms with Crippen LogP contribution in [0, 0.1) is 0 Å². The first-order valence-electron chi connectivity index (χ1n) is 3.85. The van der Waals surface area contributed by atoms with E-state index in [1.807, 2.05) is 0 Å². The van der Waals surface area contributed by atoms with Crippen molar-refractivity contribution in [1.82, 2.24) is 4.98 Å². The summed E-state index contributed by atoms with van der Waals surface area (Å²) in [5.74, 6) is 0. The summed E-state index contributed by atoms with van der Waals surface area (Å²) in [6.45, 7) is -1.15. The Morgan fingerprint density at radius 3 is 2.27 bits per heavy atom. The Kier molecular flexibility index (Phi) is 3.30. The summed E-state index contributed by atoms with van der Waals surface area (Å²) < 4.78 is 49.0. The summed E-state index contributed by atoms with van der Waals surface area (Å²) in [5.41, 5.74) is -2.68. The first kappa shape index (κ1) is 11.9. The molecule has 0 aliphatic carbocycles. The van der Waals surface area contributed by atoms with E-state index in [4.69, 9.17) is 10.0 Å². The second-order valence-electron chi connectivity index (χ2n) is 2.75. The number of hydrogen-bond donors (Lipinski definition) is 2. The van der Waals surface area contributed by atoms with Gasteiger partial charge in [0.15, 0.2) is 0 Å². The van der Waals surface area contributed by atoms with Crippen LogP contribution in [0.25, 0.3) is 0 Å². The van der Waals surface area contributed by atoms with Crippen molar-refractivity contribution >= 4 is 12.6 Å². The molecule has 0 bridgehead atoms. The molecule has 82 valence electrons. The quantitative estimate of drug-likeness (QED) is 0.558. The lowest BCUT2D eigenvalue weighted by Crippen LogP contribution is -2.37. The van der Waals surface area contributed by atoms with Crippen LogP contribution in [0.3, 0.4) is 0 Å². The van der Waals surface area contributed by atoms with Crippen molar-refractivity contribution in [3.63, 3.8) is 0 Å². The predicted molar refractivity (Wildman–Crippen MR) is 43.9 cm³/mol. The molecule has 15 heavy (non-hydrogen) atoms. The van der Waals surface area contributed by atoms with Crippen LogP contribution in [0.5, 0.6) is 0 Å². The SMILES string of the molecule is OB(O)c1ccc(CF)nc1C(F)(F)F. The fourth-order valence-corrected chi connectivity index (χ4v) is 1.02. The highest BCUT2D eigenvalue weighted by molar-refractivity contribution is 6.59. The van der Waals surface area contributed by atoms with E-state index in [9.17, 15) is 17.6 Å². The van der Waals surface area contributed by atoms with E-state index in [1.165, 1.54) is 0 Å². The van der Waals surface area contributed by atoms with Gasteiger partial charge in [0.2, 0.25) is 0 Å². The van der Waals surface area contributed by atoms with E-state index in [1.54, 1.807) is 0 Å². The second-order valence-corrected chi connectivity index (χ2v) is 2.75. The lowest BCUT2D eigenvalue weighted by Gasteiger charge is -2.11. The standard InChI is InChI=1S/C7H6BF4NO2/c9-3-4-1-2-5(8(14)15)6(13-4)7(10,11)12/h1-2,14-15H,3H2. The Morgan fingerprint density at radius 2 is 1.87 bits per heavy atom. The molecule has 0 aromatic carbocycles. The van der Waals surface area contributed by atoms with Crippen LogP contribution in [-0.2, 0) is 12.9 Å². The molecule has 0 fully saturated rings. The predicted octanol–water partition coefficient (Wildman–Crippen LogP) is 0.250.